The lowest BCUT2D eigenvalue weighted by Gasteiger charge is -2.17. The van der Waals surface area contributed by atoms with Crippen molar-refractivity contribution in [1.29, 1.82) is 0 Å². The Bertz CT molecular complexity index is 1510. The molecule has 0 bridgehead atoms. The summed E-state index contributed by atoms with van der Waals surface area (Å²) < 4.78 is 59.6. The lowest BCUT2D eigenvalue weighted by atomic mass is 10.0. The maximum Gasteiger partial charge on any atom is 0.290 e. The summed E-state index contributed by atoms with van der Waals surface area (Å²) in [5, 5.41) is 8.09. The summed E-state index contributed by atoms with van der Waals surface area (Å²) >= 11 is 0.981. The van der Waals surface area contributed by atoms with Crippen molar-refractivity contribution in [3.8, 4) is 11.1 Å². The number of hydrogen-bond acceptors (Lipinski definition) is 9. The molecule has 2 heterocycles. The number of carbonyl (C=O) groups excluding carboxylic acids is 1. The van der Waals surface area contributed by atoms with Crippen LogP contribution in [0.3, 0.4) is 0 Å². The highest BCUT2D eigenvalue weighted by Crippen LogP contribution is 2.27. The standard InChI is InChI=1S/C24H24N4O3S2.ClHO4/c1-3-19-12-17(16-8-6-5-7-9-16)13-20(4-2)28(19)15-23(29)26-18-10-11-21-22(14-18)32-24(27-21)33(25,30)31;2-1(3,4)5/h5-14H,3-4,15H2,1-2H3,(H2-,25,26,29,30,31);(H,2,3,4,5). The fourth-order valence-corrected chi connectivity index (χ4v) is 5.47. The van der Waals surface area contributed by atoms with Crippen LogP contribution in [0.1, 0.15) is 25.2 Å². The van der Waals surface area contributed by atoms with E-state index < -0.39 is 20.3 Å². The predicted molar refractivity (Wildman–Crippen MR) is 130 cm³/mol. The number of halogens is 1. The monoisotopic (exact) mass is 580 g/mol. The number of pyridine rings is 1. The molecule has 14 heteroatoms. The molecule has 0 aliphatic carbocycles. The minimum absolute atomic E-state index is 0.143. The number of aryl methyl sites for hydroxylation is 2. The number of hydrogen-bond donors (Lipinski definition) is 2. The van der Waals surface area contributed by atoms with Gasteiger partial charge in [-0.2, -0.15) is 4.57 Å². The van der Waals surface area contributed by atoms with Gasteiger partial charge >= 0.3 is 0 Å². The summed E-state index contributed by atoms with van der Waals surface area (Å²) in [5.74, 6) is -0.160. The molecule has 3 N–H and O–H groups in total. The number of aromatic nitrogens is 2. The number of nitrogens with two attached hydrogens (primary N) is 1. The maximum atomic E-state index is 12.9. The van der Waals surface area contributed by atoms with E-state index in [1.54, 1.807) is 18.2 Å². The van der Waals surface area contributed by atoms with Crippen molar-refractivity contribution >= 4 is 43.2 Å². The van der Waals surface area contributed by atoms with E-state index in [0.717, 1.165) is 46.7 Å². The number of primary sulfonamides is 1. The highest BCUT2D eigenvalue weighted by molar-refractivity contribution is 7.91. The van der Waals surface area contributed by atoms with E-state index in [0.29, 0.717) is 15.9 Å². The summed E-state index contributed by atoms with van der Waals surface area (Å²) in [5.41, 5.74) is 5.56. The van der Waals surface area contributed by atoms with Gasteiger partial charge in [0, 0.05) is 30.7 Å². The summed E-state index contributed by atoms with van der Waals surface area (Å²) in [4.78, 5) is 17.0. The molecule has 0 saturated carbocycles. The zero-order chi connectivity index (χ0) is 28.1. The summed E-state index contributed by atoms with van der Waals surface area (Å²) in [7, 11) is -8.81. The minimum Gasteiger partial charge on any atom is -0.321 e. The van der Waals surface area contributed by atoms with Crippen LogP contribution in [0, 0.1) is 10.2 Å². The molecular weight excluding hydrogens is 556 g/mol. The Morgan fingerprint density at radius 3 is 2.08 bits per heavy atom. The van der Waals surface area contributed by atoms with Gasteiger partial charge in [0.2, 0.25) is 10.9 Å². The normalized spacial score (nSPS) is 11.7. The highest BCUT2D eigenvalue weighted by Gasteiger charge is 2.21. The van der Waals surface area contributed by atoms with Crippen LogP contribution in [0.25, 0.3) is 21.3 Å². The smallest absolute Gasteiger partial charge is 0.290 e. The Morgan fingerprint density at radius 2 is 1.55 bits per heavy atom. The number of benzene rings is 2. The third-order valence-corrected chi connectivity index (χ3v) is 7.70. The molecule has 4 aromatic rings. The van der Waals surface area contributed by atoms with Crippen molar-refractivity contribution in [2.24, 2.45) is 5.14 Å². The van der Waals surface area contributed by atoms with Gasteiger partial charge in [-0.3, -0.25) is 4.79 Å². The molecule has 0 unspecified atom stereocenters. The Morgan fingerprint density at radius 1 is 0.974 bits per heavy atom. The molecule has 38 heavy (non-hydrogen) atoms. The van der Waals surface area contributed by atoms with Gasteiger partial charge in [-0.15, -0.1) is 21.6 Å². The number of thiazole rings is 1. The lowest BCUT2D eigenvalue weighted by Crippen LogP contribution is -2.68. The van der Waals surface area contributed by atoms with Crippen LogP contribution in [0.15, 0.2) is 65.0 Å². The van der Waals surface area contributed by atoms with Crippen molar-refractivity contribution in [3.63, 3.8) is 0 Å². The third-order valence-electron chi connectivity index (χ3n) is 5.37. The fraction of sp³-hybridized carbons (Fsp3) is 0.208. The fourth-order valence-electron chi connectivity index (χ4n) is 3.77. The topological polar surface area (TPSA) is 198 Å². The number of sulfonamides is 1. The molecule has 0 radical (unpaired) electrons. The van der Waals surface area contributed by atoms with Gasteiger partial charge in [0.1, 0.15) is 0 Å². The van der Waals surface area contributed by atoms with E-state index in [4.69, 9.17) is 23.8 Å². The number of nitrogens with one attached hydrogen (secondary N) is 1. The van der Waals surface area contributed by atoms with Gasteiger partial charge in [-0.05, 0) is 29.3 Å². The molecule has 0 atom stereocenters. The molecule has 0 spiro atoms. The van der Waals surface area contributed by atoms with Crippen molar-refractivity contribution in [1.82, 2.24) is 4.98 Å². The molecule has 0 fully saturated rings. The first-order valence-corrected chi connectivity index (χ1v) is 14.8. The second kappa shape index (κ2) is 12.2. The number of anilines is 1. The van der Waals surface area contributed by atoms with Crippen LogP contribution >= 0.6 is 11.3 Å². The number of nitrogens with zero attached hydrogens (tertiary/aromatic N) is 2. The minimum atomic E-state index is -4.94. The van der Waals surface area contributed by atoms with E-state index in [1.165, 1.54) is 0 Å². The molecule has 2 aromatic carbocycles. The highest BCUT2D eigenvalue weighted by atomic mass is 35.7. The lowest BCUT2D eigenvalue weighted by molar-refractivity contribution is -2.00. The Kier molecular flexibility index (Phi) is 9.51. The van der Waals surface area contributed by atoms with Crippen molar-refractivity contribution in [2.45, 2.75) is 37.6 Å². The van der Waals surface area contributed by atoms with Crippen LogP contribution < -0.4 is 33.7 Å². The number of amides is 1. The first-order chi connectivity index (χ1) is 17.8. The molecule has 11 nitrogen and oxygen atoms in total. The molecule has 4 rings (SSSR count). The summed E-state index contributed by atoms with van der Waals surface area (Å²) in [6.07, 6.45) is 1.59. The van der Waals surface area contributed by atoms with E-state index in [1.807, 2.05) is 18.2 Å². The molecule has 2 aromatic heterocycles. The first-order valence-electron chi connectivity index (χ1n) is 11.2. The quantitative estimate of drug-likeness (QED) is 0.257. The van der Waals surface area contributed by atoms with Gasteiger partial charge in [0.25, 0.3) is 15.9 Å². The summed E-state index contributed by atoms with van der Waals surface area (Å²) in [6, 6.07) is 19.6. The number of rotatable bonds is 7. The predicted octanol–water partition coefficient (Wildman–Crippen LogP) is -1.09. The van der Waals surface area contributed by atoms with Crippen molar-refractivity contribution in [3.05, 3.63) is 72.1 Å². The molecule has 0 saturated heterocycles. The van der Waals surface area contributed by atoms with Crippen molar-refractivity contribution in [2.75, 3.05) is 5.32 Å². The average Bonchev–Trinajstić information content (AvgIpc) is 3.28. The van der Waals surface area contributed by atoms with E-state index in [2.05, 4.69) is 53.0 Å². The summed E-state index contributed by atoms with van der Waals surface area (Å²) in [6.45, 7) is 4.35. The number of fused-ring (bicyclic) bond motifs is 1. The van der Waals surface area contributed by atoms with Gasteiger partial charge in [-0.1, -0.05) is 44.2 Å². The zero-order valence-electron chi connectivity index (χ0n) is 20.4. The van der Waals surface area contributed by atoms with Gasteiger partial charge < -0.3 is 5.32 Å². The van der Waals surface area contributed by atoms with Crippen LogP contribution in [-0.2, 0) is 34.2 Å². The first kappa shape index (κ1) is 29.5. The largest absolute Gasteiger partial charge is 0.321 e. The van der Waals surface area contributed by atoms with Gasteiger partial charge in [-0.25, -0.2) is 37.2 Å². The molecule has 0 aliphatic rings. The Hall–Kier alpha value is -3.01. The molecule has 0 aliphatic heterocycles. The Balaban J connectivity index is 0.000000732. The van der Waals surface area contributed by atoms with E-state index >= 15 is 0 Å². The van der Waals surface area contributed by atoms with Crippen LogP contribution in [0.2, 0.25) is 0 Å². The zero-order valence-corrected chi connectivity index (χ0v) is 22.8. The molecule has 202 valence electrons. The molecule has 1 amide bonds. The second-order valence-corrected chi connectivity index (χ2v) is 11.5. The van der Waals surface area contributed by atoms with Crippen molar-refractivity contribution < 1.29 is 46.7 Å². The van der Waals surface area contributed by atoms with Gasteiger partial charge in [0.05, 0.1) is 10.2 Å². The van der Waals surface area contributed by atoms with Gasteiger partial charge in [0.15, 0.2) is 11.4 Å². The SMILES string of the molecule is CCc1cc(-c2ccccc2)cc(CC)[n+]1CC(=O)Nc1ccc2nc(S(N)(=O)=O)sc2c1.[O-][Cl+3]([O-])([O-])[O-]. The van der Waals surface area contributed by atoms with Crippen LogP contribution in [0.4, 0.5) is 5.69 Å². The van der Waals surface area contributed by atoms with Crippen LogP contribution in [-0.4, -0.2) is 19.3 Å². The van der Waals surface area contributed by atoms with E-state index in [9.17, 15) is 13.2 Å². The van der Waals surface area contributed by atoms with Crippen LogP contribution in [0.5, 0.6) is 0 Å². The Labute approximate surface area is 225 Å². The molecular formula is C24H25ClN4O7S2. The second-order valence-electron chi connectivity index (χ2n) is 8.02. The third kappa shape index (κ3) is 8.24. The van der Waals surface area contributed by atoms with E-state index in [-0.39, 0.29) is 16.8 Å². The maximum absolute atomic E-state index is 12.9. The number of carbonyl (C=O) groups is 1. The average molecular weight is 581 g/mol.